The first kappa shape index (κ1) is 15.4. The van der Waals surface area contributed by atoms with Crippen LogP contribution in [0, 0.1) is 0 Å². The molecule has 10 heteroatoms. The third kappa shape index (κ3) is 6.96. The van der Waals surface area contributed by atoms with Gasteiger partial charge in [0.1, 0.15) is 6.10 Å². The summed E-state index contributed by atoms with van der Waals surface area (Å²) < 4.78 is 33.9. The molecule has 0 aliphatic heterocycles. The first-order valence-corrected chi connectivity index (χ1v) is 6.45. The molecule has 0 aromatic rings. The predicted octanol–water partition coefficient (Wildman–Crippen LogP) is -0.944. The number of carbonyl (C=O) groups excluding carboxylic acids is 4. The van der Waals surface area contributed by atoms with Crippen LogP contribution in [0.4, 0.5) is 0 Å². The van der Waals surface area contributed by atoms with E-state index in [0.29, 0.717) is 0 Å². The number of rotatable bonds is 8. The number of halogens is 1. The van der Waals surface area contributed by atoms with Gasteiger partial charge in [0.05, 0.1) is 6.61 Å². The van der Waals surface area contributed by atoms with Crippen molar-refractivity contribution in [2.45, 2.75) is 45.1 Å². The third-order valence-corrected chi connectivity index (χ3v) is 2.66. The van der Waals surface area contributed by atoms with Crippen molar-refractivity contribution in [2.75, 3.05) is 6.61 Å². The van der Waals surface area contributed by atoms with E-state index in [1.54, 1.807) is 0 Å². The van der Waals surface area contributed by atoms with E-state index in [-0.39, 0.29) is 0 Å². The molecule has 0 spiro atoms. The van der Waals surface area contributed by atoms with Crippen LogP contribution in [0.15, 0.2) is 0 Å². The lowest BCUT2D eigenvalue weighted by Crippen LogP contribution is -2.53. The molecule has 0 unspecified atom stereocenters. The van der Waals surface area contributed by atoms with Crippen molar-refractivity contribution in [3.05, 3.63) is 0 Å². The van der Waals surface area contributed by atoms with Gasteiger partial charge in [0, 0.05) is 24.8 Å². The highest BCUT2D eigenvalue weighted by molar-refractivity contribution is 9.18. The van der Waals surface area contributed by atoms with Crippen LogP contribution in [0.25, 0.3) is 0 Å². The molecular formula is C12H17BrO9. The minimum atomic E-state index is -1.93. The molecule has 0 rings (SSSR count). The fourth-order valence-corrected chi connectivity index (χ4v) is 1.81. The van der Waals surface area contributed by atoms with Crippen LogP contribution in [-0.4, -0.2) is 63.8 Å². The van der Waals surface area contributed by atoms with E-state index < -0.39 is 74.3 Å². The van der Waals surface area contributed by atoms with E-state index in [9.17, 15) is 24.3 Å². The number of hydrogen-bond donors (Lipinski definition) is 2. The fourth-order valence-electron chi connectivity index (χ4n) is 1.46. The number of aliphatic hydroxyl groups is 2. The first-order chi connectivity index (χ1) is 11.7. The highest BCUT2D eigenvalue weighted by atomic mass is 79.9. The Balaban J connectivity index is 5.83. The number of esters is 3. The third-order valence-electron chi connectivity index (χ3n) is 2.21. The van der Waals surface area contributed by atoms with E-state index in [2.05, 4.69) is 20.7 Å². The van der Waals surface area contributed by atoms with Crippen LogP contribution in [0.1, 0.15) is 24.8 Å². The van der Waals surface area contributed by atoms with Gasteiger partial charge in [-0.15, -0.1) is 0 Å². The lowest BCUT2D eigenvalue weighted by molar-refractivity contribution is -0.194. The maximum atomic E-state index is 11.7. The SMILES string of the molecule is [2H]CC(=O)O[C@@H]([C@H](OC(=O)C[2H])[C@@H](OC(=O)C[2H])C(=O)Br)[C@H](O)CO. The van der Waals surface area contributed by atoms with Gasteiger partial charge >= 0.3 is 17.9 Å². The second-order valence-electron chi connectivity index (χ2n) is 3.87. The maximum Gasteiger partial charge on any atom is 0.303 e. The molecule has 0 fully saturated rings. The van der Waals surface area contributed by atoms with Gasteiger partial charge in [0.15, 0.2) is 12.2 Å². The average molecular weight is 388 g/mol. The minimum absolute atomic E-state index is 0.879. The molecule has 126 valence electrons. The molecule has 0 aliphatic rings. The van der Waals surface area contributed by atoms with Crippen molar-refractivity contribution in [3.8, 4) is 0 Å². The summed E-state index contributed by atoms with van der Waals surface area (Å²) >= 11 is 2.50. The quantitative estimate of drug-likeness (QED) is 0.307. The molecular weight excluding hydrogens is 368 g/mol. The molecule has 0 saturated heterocycles. The standard InChI is InChI=1S/C12H17BrO9/c1-5(15)20-9(8(18)4-14)10(21-6(2)16)11(12(13)19)22-7(3)17/h8-11,14,18H,4H2,1-3H3/t8-,9-,10+,11-/m1/s1/i1D,2D,3D. The molecule has 0 radical (unpaired) electrons. The normalized spacial score (nSPS) is 17.7. The zero-order valence-electron chi connectivity index (χ0n) is 14.3. The van der Waals surface area contributed by atoms with Crippen LogP contribution in [-0.2, 0) is 33.4 Å². The van der Waals surface area contributed by atoms with Crippen molar-refractivity contribution < 1.29 is 47.7 Å². The van der Waals surface area contributed by atoms with E-state index in [1.165, 1.54) is 0 Å². The zero-order valence-corrected chi connectivity index (χ0v) is 12.9. The summed E-state index contributed by atoms with van der Waals surface area (Å²) in [6.07, 6.45) is -7.58. The van der Waals surface area contributed by atoms with E-state index in [0.717, 1.165) is 0 Å². The molecule has 0 saturated carbocycles. The average Bonchev–Trinajstić information content (AvgIpc) is 2.60. The van der Waals surface area contributed by atoms with Crippen molar-refractivity contribution in [3.63, 3.8) is 0 Å². The van der Waals surface area contributed by atoms with Gasteiger partial charge in [-0.2, -0.15) is 0 Å². The fraction of sp³-hybridized carbons (Fsp3) is 0.667. The Kier molecular flexibility index (Phi) is 6.63. The van der Waals surface area contributed by atoms with E-state index in [4.69, 9.17) is 18.7 Å². The molecule has 4 atom stereocenters. The van der Waals surface area contributed by atoms with Gasteiger partial charge in [0.2, 0.25) is 10.8 Å². The van der Waals surface area contributed by atoms with Crippen molar-refractivity contribution in [2.24, 2.45) is 0 Å². The monoisotopic (exact) mass is 387 g/mol. The summed E-state index contributed by atoms with van der Waals surface area (Å²) in [7, 11) is 0. The first-order valence-electron chi connectivity index (χ1n) is 7.78. The van der Waals surface area contributed by atoms with Crippen LogP contribution < -0.4 is 0 Å². The summed E-state index contributed by atoms with van der Waals surface area (Å²) in [5, 5.41) is 18.9. The Hall–Kier alpha value is -1.52. The molecule has 2 N–H and O–H groups in total. The molecule has 0 aromatic carbocycles. The summed E-state index contributed by atoms with van der Waals surface area (Å²) in [6.45, 7) is -3.65. The highest BCUT2D eigenvalue weighted by Gasteiger charge is 2.43. The Bertz CT molecular complexity index is 490. The smallest absolute Gasteiger partial charge is 0.303 e. The maximum absolute atomic E-state index is 11.7. The van der Waals surface area contributed by atoms with Gasteiger partial charge < -0.3 is 24.4 Å². The number of ether oxygens (including phenoxy) is 3. The minimum Gasteiger partial charge on any atom is -0.456 e. The summed E-state index contributed by atoms with van der Waals surface area (Å²) in [4.78, 5) is 45.8. The summed E-state index contributed by atoms with van der Waals surface area (Å²) in [6, 6.07) is 0. The topological polar surface area (TPSA) is 136 Å². The van der Waals surface area contributed by atoms with Crippen LogP contribution in [0.3, 0.4) is 0 Å². The Morgan fingerprint density at radius 1 is 1.00 bits per heavy atom. The molecule has 0 heterocycles. The van der Waals surface area contributed by atoms with Crippen LogP contribution in [0.2, 0.25) is 0 Å². The largest absolute Gasteiger partial charge is 0.456 e. The number of aliphatic hydroxyl groups excluding tert-OH is 2. The van der Waals surface area contributed by atoms with Crippen molar-refractivity contribution in [1.82, 2.24) is 0 Å². The van der Waals surface area contributed by atoms with Gasteiger partial charge in [-0.25, -0.2) is 0 Å². The van der Waals surface area contributed by atoms with Crippen LogP contribution in [0.5, 0.6) is 0 Å². The number of hydrogen-bond acceptors (Lipinski definition) is 9. The van der Waals surface area contributed by atoms with Crippen molar-refractivity contribution >= 4 is 38.5 Å². The van der Waals surface area contributed by atoms with Gasteiger partial charge in [-0.3, -0.25) is 19.2 Å². The lowest BCUT2D eigenvalue weighted by Gasteiger charge is -2.32. The molecule has 22 heavy (non-hydrogen) atoms. The highest BCUT2D eigenvalue weighted by Crippen LogP contribution is 2.19. The molecule has 9 nitrogen and oxygen atoms in total. The van der Waals surface area contributed by atoms with Gasteiger partial charge in [-0.1, -0.05) is 0 Å². The van der Waals surface area contributed by atoms with Gasteiger partial charge in [-0.05, 0) is 15.9 Å². The second-order valence-corrected chi connectivity index (χ2v) is 4.66. The second kappa shape index (κ2) is 9.49. The van der Waals surface area contributed by atoms with Gasteiger partial charge in [0.25, 0.3) is 0 Å². The van der Waals surface area contributed by atoms with Crippen molar-refractivity contribution in [1.29, 1.82) is 0 Å². The van der Waals surface area contributed by atoms with E-state index >= 15 is 0 Å². The summed E-state index contributed by atoms with van der Waals surface area (Å²) in [5.41, 5.74) is 0. The Labute approximate surface area is 138 Å². The summed E-state index contributed by atoms with van der Waals surface area (Å²) in [5.74, 6) is -3.58. The van der Waals surface area contributed by atoms with E-state index in [1.807, 2.05) is 0 Å². The Morgan fingerprint density at radius 3 is 1.86 bits per heavy atom. The van der Waals surface area contributed by atoms with Crippen LogP contribution >= 0.6 is 15.9 Å². The lowest BCUT2D eigenvalue weighted by atomic mass is 10.0. The Morgan fingerprint density at radius 2 is 1.45 bits per heavy atom. The molecule has 0 bridgehead atoms. The number of carbonyl (C=O) groups is 4. The molecule has 0 aliphatic carbocycles. The predicted molar refractivity (Wildman–Crippen MR) is 73.7 cm³/mol. The zero-order chi connectivity index (χ0) is 19.6. The molecule has 0 aromatic heterocycles. The molecule has 0 amide bonds.